The summed E-state index contributed by atoms with van der Waals surface area (Å²) in [5, 5.41) is 3.45. The summed E-state index contributed by atoms with van der Waals surface area (Å²) < 4.78 is 27.6. The molecule has 0 bridgehead atoms. The van der Waals surface area contributed by atoms with E-state index < -0.39 is 10.0 Å². The van der Waals surface area contributed by atoms with Crippen LogP contribution in [-0.4, -0.2) is 27.5 Å². The van der Waals surface area contributed by atoms with E-state index in [4.69, 9.17) is 0 Å². The minimum atomic E-state index is -3.35. The van der Waals surface area contributed by atoms with Crippen LogP contribution >= 0.6 is 11.3 Å². The molecular weight excluding hydrogens is 304 g/mol. The minimum Gasteiger partial charge on any atom is -0.314 e. The average molecular weight is 331 g/mol. The maximum Gasteiger partial charge on any atom is 0.250 e. The van der Waals surface area contributed by atoms with E-state index >= 15 is 0 Å². The Morgan fingerprint density at radius 3 is 2.62 bits per heavy atom. The summed E-state index contributed by atoms with van der Waals surface area (Å²) in [5.74, 6) is 0.807. The first kappa shape index (κ1) is 16.9. The lowest BCUT2D eigenvalue weighted by atomic mass is 9.99. The maximum absolute atomic E-state index is 12.2. The van der Waals surface area contributed by atoms with Crippen molar-refractivity contribution in [3.8, 4) is 0 Å². The second kappa shape index (κ2) is 7.22. The molecule has 0 saturated heterocycles. The van der Waals surface area contributed by atoms with E-state index in [1.807, 2.05) is 6.07 Å². The monoisotopic (exact) mass is 330 g/mol. The molecule has 0 aromatic carbocycles. The van der Waals surface area contributed by atoms with Crippen molar-refractivity contribution in [2.24, 2.45) is 11.8 Å². The first-order valence-corrected chi connectivity index (χ1v) is 10.00. The lowest BCUT2D eigenvalue weighted by molar-refractivity contribution is 0.415. The highest BCUT2D eigenvalue weighted by Gasteiger charge is 2.21. The number of hydrogen-bond acceptors (Lipinski definition) is 4. The summed E-state index contributed by atoms with van der Waals surface area (Å²) in [6.45, 7) is 7.71. The Morgan fingerprint density at radius 2 is 2.00 bits per heavy atom. The zero-order chi connectivity index (χ0) is 15.5. The Morgan fingerprint density at radius 1 is 1.29 bits per heavy atom. The number of nitrogens with one attached hydrogen (secondary N) is 2. The van der Waals surface area contributed by atoms with Crippen molar-refractivity contribution in [2.45, 2.75) is 50.3 Å². The number of rotatable bonds is 9. The van der Waals surface area contributed by atoms with Gasteiger partial charge in [-0.15, -0.1) is 11.3 Å². The number of thiophene rings is 1. The third-order valence-corrected chi connectivity index (χ3v) is 7.08. The highest BCUT2D eigenvalue weighted by Crippen LogP contribution is 2.23. The van der Waals surface area contributed by atoms with Gasteiger partial charge in [0, 0.05) is 24.0 Å². The largest absolute Gasteiger partial charge is 0.314 e. The summed E-state index contributed by atoms with van der Waals surface area (Å²) in [5.41, 5.74) is 0. The van der Waals surface area contributed by atoms with E-state index in [0.717, 1.165) is 17.8 Å². The molecule has 6 heteroatoms. The highest BCUT2D eigenvalue weighted by molar-refractivity contribution is 7.91. The Bertz CT molecular complexity index is 548. The summed E-state index contributed by atoms with van der Waals surface area (Å²) in [6, 6.07) is 4.35. The fourth-order valence-electron chi connectivity index (χ4n) is 1.87. The molecule has 0 amide bonds. The van der Waals surface area contributed by atoms with Gasteiger partial charge in [0.1, 0.15) is 4.21 Å². The van der Waals surface area contributed by atoms with E-state index in [0.29, 0.717) is 28.6 Å². The van der Waals surface area contributed by atoms with Gasteiger partial charge in [-0.25, -0.2) is 13.1 Å². The van der Waals surface area contributed by atoms with Crippen molar-refractivity contribution in [3.05, 3.63) is 17.0 Å². The molecule has 0 spiro atoms. The van der Waals surface area contributed by atoms with E-state index in [9.17, 15) is 8.42 Å². The molecule has 1 heterocycles. The molecule has 0 radical (unpaired) electrons. The molecule has 1 saturated carbocycles. The summed E-state index contributed by atoms with van der Waals surface area (Å²) in [7, 11) is -3.35. The molecule has 1 aromatic rings. The van der Waals surface area contributed by atoms with Crippen LogP contribution in [-0.2, 0) is 16.4 Å². The van der Waals surface area contributed by atoms with Gasteiger partial charge in [-0.05, 0) is 43.2 Å². The predicted octanol–water partition coefficient (Wildman–Crippen LogP) is 2.61. The first-order valence-electron chi connectivity index (χ1n) is 7.70. The van der Waals surface area contributed by atoms with Crippen LogP contribution in [0.2, 0.25) is 0 Å². The molecule has 120 valence electrons. The van der Waals surface area contributed by atoms with Crippen LogP contribution < -0.4 is 10.0 Å². The van der Waals surface area contributed by atoms with Crippen molar-refractivity contribution < 1.29 is 8.42 Å². The Labute approximate surface area is 132 Å². The van der Waals surface area contributed by atoms with E-state index in [2.05, 4.69) is 30.8 Å². The Balaban J connectivity index is 1.85. The zero-order valence-corrected chi connectivity index (χ0v) is 14.7. The third-order valence-electron chi connectivity index (χ3n) is 4.02. The van der Waals surface area contributed by atoms with Gasteiger partial charge in [0.2, 0.25) is 10.0 Å². The highest BCUT2D eigenvalue weighted by atomic mass is 32.2. The molecule has 1 aliphatic carbocycles. The van der Waals surface area contributed by atoms with Gasteiger partial charge >= 0.3 is 0 Å². The minimum absolute atomic E-state index is 0.335. The van der Waals surface area contributed by atoms with Crippen LogP contribution in [0, 0.1) is 11.8 Å². The molecule has 2 N–H and O–H groups in total. The molecular formula is C15H26N2O2S2. The number of sulfonamides is 1. The SMILES string of the molecule is CC(C)C(C)CNS(=O)(=O)c1ccc(CCNC2CC2)s1. The van der Waals surface area contributed by atoms with Crippen molar-refractivity contribution in [1.82, 2.24) is 10.0 Å². The van der Waals surface area contributed by atoms with Crippen LogP contribution in [0.5, 0.6) is 0 Å². The van der Waals surface area contributed by atoms with E-state index in [-0.39, 0.29) is 0 Å². The average Bonchev–Trinajstić information content (AvgIpc) is 3.11. The second-order valence-corrected chi connectivity index (χ2v) is 9.43. The molecule has 21 heavy (non-hydrogen) atoms. The van der Waals surface area contributed by atoms with Crippen molar-refractivity contribution >= 4 is 21.4 Å². The maximum atomic E-state index is 12.2. The van der Waals surface area contributed by atoms with Crippen LogP contribution in [0.3, 0.4) is 0 Å². The molecule has 1 aromatic heterocycles. The van der Waals surface area contributed by atoms with Gasteiger partial charge in [-0.1, -0.05) is 20.8 Å². The summed E-state index contributed by atoms with van der Waals surface area (Å²) in [4.78, 5) is 1.13. The number of hydrogen-bond donors (Lipinski definition) is 2. The fraction of sp³-hybridized carbons (Fsp3) is 0.733. The van der Waals surface area contributed by atoms with Crippen molar-refractivity contribution in [2.75, 3.05) is 13.1 Å². The van der Waals surface area contributed by atoms with Crippen molar-refractivity contribution in [1.29, 1.82) is 0 Å². The molecule has 4 nitrogen and oxygen atoms in total. The molecule has 0 aliphatic heterocycles. The Kier molecular flexibility index (Phi) is 5.82. The normalized spacial score (nSPS) is 17.3. The summed E-state index contributed by atoms with van der Waals surface area (Å²) in [6.07, 6.45) is 3.46. The van der Waals surface area contributed by atoms with Crippen molar-refractivity contribution in [3.63, 3.8) is 0 Å². The molecule has 1 fully saturated rings. The second-order valence-electron chi connectivity index (χ2n) is 6.27. The van der Waals surface area contributed by atoms with Crippen LogP contribution in [0.1, 0.15) is 38.5 Å². The van der Waals surface area contributed by atoms with E-state index in [1.165, 1.54) is 24.2 Å². The first-order chi connectivity index (χ1) is 9.88. The smallest absolute Gasteiger partial charge is 0.250 e. The van der Waals surface area contributed by atoms with Gasteiger partial charge in [-0.3, -0.25) is 0 Å². The zero-order valence-electron chi connectivity index (χ0n) is 13.1. The quantitative estimate of drug-likeness (QED) is 0.732. The lowest BCUT2D eigenvalue weighted by Gasteiger charge is -2.15. The molecule has 1 atom stereocenters. The lowest BCUT2D eigenvalue weighted by Crippen LogP contribution is -2.29. The molecule has 1 aliphatic rings. The molecule has 2 rings (SSSR count). The standard InChI is InChI=1S/C15H26N2O2S2/c1-11(2)12(3)10-17-21(18,19)15-7-6-14(20-15)8-9-16-13-4-5-13/h6-7,11-13,16-17H,4-5,8-10H2,1-3H3. The van der Waals surface area contributed by atoms with Crippen LogP contribution in [0.25, 0.3) is 0 Å². The molecule has 1 unspecified atom stereocenters. The fourth-order valence-corrected chi connectivity index (χ4v) is 4.42. The predicted molar refractivity (Wildman–Crippen MR) is 88.2 cm³/mol. The van der Waals surface area contributed by atoms with Crippen LogP contribution in [0.4, 0.5) is 0 Å². The Hall–Kier alpha value is -0.430. The van der Waals surface area contributed by atoms with Gasteiger partial charge in [0.15, 0.2) is 0 Å². The van der Waals surface area contributed by atoms with Gasteiger partial charge in [0.25, 0.3) is 0 Å². The van der Waals surface area contributed by atoms with Gasteiger partial charge in [0.05, 0.1) is 0 Å². The van der Waals surface area contributed by atoms with Gasteiger partial charge < -0.3 is 5.32 Å². The summed E-state index contributed by atoms with van der Waals surface area (Å²) >= 11 is 1.38. The third kappa shape index (κ3) is 5.36. The van der Waals surface area contributed by atoms with Gasteiger partial charge in [-0.2, -0.15) is 0 Å². The van der Waals surface area contributed by atoms with Crippen LogP contribution in [0.15, 0.2) is 16.3 Å². The van der Waals surface area contributed by atoms with E-state index in [1.54, 1.807) is 6.07 Å². The topological polar surface area (TPSA) is 58.2 Å².